The van der Waals surface area contributed by atoms with E-state index < -0.39 is 0 Å². The van der Waals surface area contributed by atoms with Crippen molar-refractivity contribution < 1.29 is 4.74 Å². The van der Waals surface area contributed by atoms with Gasteiger partial charge >= 0.3 is 0 Å². The van der Waals surface area contributed by atoms with E-state index in [1.165, 1.54) is 11.3 Å². The van der Waals surface area contributed by atoms with E-state index in [1.807, 2.05) is 0 Å². The van der Waals surface area contributed by atoms with Crippen molar-refractivity contribution in [1.82, 2.24) is 0 Å². The van der Waals surface area contributed by atoms with Gasteiger partial charge in [0.2, 0.25) is 0 Å². The van der Waals surface area contributed by atoms with Crippen LogP contribution in [0.1, 0.15) is 26.3 Å². The number of nitrogens with two attached hydrogens (primary N) is 1. The molecule has 3 nitrogen and oxygen atoms in total. The van der Waals surface area contributed by atoms with Gasteiger partial charge in [0.15, 0.2) is 0 Å². The highest BCUT2D eigenvalue weighted by Gasteiger charge is 2.37. The molecule has 0 bridgehead atoms. The Morgan fingerprint density at radius 2 is 1.94 bits per heavy atom. The maximum Gasteiger partial charge on any atom is 0.0574 e. The van der Waals surface area contributed by atoms with Crippen molar-refractivity contribution in [3.05, 3.63) is 29.8 Å². The summed E-state index contributed by atoms with van der Waals surface area (Å²) in [4.78, 5) is 0. The van der Waals surface area contributed by atoms with Gasteiger partial charge in [0.25, 0.3) is 0 Å². The van der Waals surface area contributed by atoms with E-state index in [-0.39, 0.29) is 10.8 Å². The summed E-state index contributed by atoms with van der Waals surface area (Å²) in [6.45, 7) is 9.81. The van der Waals surface area contributed by atoms with E-state index in [0.29, 0.717) is 6.54 Å². The maximum absolute atomic E-state index is 5.84. The fraction of sp³-hybridized carbons (Fsp3) is 0.600. The van der Waals surface area contributed by atoms with Gasteiger partial charge in [-0.3, -0.25) is 0 Å². The SMILES string of the molecule is CC(C)(C)c1ccccc1NCC1(CN)COC1. The Balaban J connectivity index is 2.10. The van der Waals surface area contributed by atoms with E-state index in [9.17, 15) is 0 Å². The Morgan fingerprint density at radius 1 is 1.28 bits per heavy atom. The van der Waals surface area contributed by atoms with Gasteiger partial charge in [-0.15, -0.1) is 0 Å². The van der Waals surface area contributed by atoms with Crippen LogP contribution in [0.2, 0.25) is 0 Å². The van der Waals surface area contributed by atoms with Crippen molar-refractivity contribution in [3.8, 4) is 0 Å². The topological polar surface area (TPSA) is 47.3 Å². The molecule has 0 spiro atoms. The van der Waals surface area contributed by atoms with Crippen molar-refractivity contribution in [2.24, 2.45) is 11.1 Å². The molecule has 2 rings (SSSR count). The molecule has 3 heteroatoms. The number of anilines is 1. The number of hydrogen-bond acceptors (Lipinski definition) is 3. The molecule has 1 aliphatic heterocycles. The van der Waals surface area contributed by atoms with Crippen LogP contribution in [0.5, 0.6) is 0 Å². The number of rotatable bonds is 4. The molecule has 0 radical (unpaired) electrons. The van der Waals surface area contributed by atoms with Gasteiger partial charge in [-0.2, -0.15) is 0 Å². The largest absolute Gasteiger partial charge is 0.384 e. The number of nitrogens with one attached hydrogen (secondary N) is 1. The minimum Gasteiger partial charge on any atom is -0.384 e. The van der Waals surface area contributed by atoms with E-state index in [0.717, 1.165) is 19.8 Å². The molecule has 0 saturated carbocycles. The second-order valence-electron chi connectivity index (χ2n) is 6.35. The summed E-state index contributed by atoms with van der Waals surface area (Å²) in [6, 6.07) is 8.50. The van der Waals surface area contributed by atoms with Crippen LogP contribution in [-0.4, -0.2) is 26.3 Å². The predicted molar refractivity (Wildman–Crippen MR) is 75.9 cm³/mol. The van der Waals surface area contributed by atoms with Gasteiger partial charge < -0.3 is 15.8 Å². The van der Waals surface area contributed by atoms with Crippen molar-refractivity contribution in [2.75, 3.05) is 31.6 Å². The smallest absolute Gasteiger partial charge is 0.0574 e. The van der Waals surface area contributed by atoms with Crippen LogP contribution < -0.4 is 11.1 Å². The van der Waals surface area contributed by atoms with Gasteiger partial charge in [-0.05, 0) is 17.0 Å². The summed E-state index contributed by atoms with van der Waals surface area (Å²) < 4.78 is 5.30. The third kappa shape index (κ3) is 2.68. The molecule has 1 fully saturated rings. The van der Waals surface area contributed by atoms with Crippen LogP contribution in [0, 0.1) is 5.41 Å². The third-order valence-electron chi connectivity index (χ3n) is 3.64. The molecule has 1 heterocycles. The van der Waals surface area contributed by atoms with Crippen LogP contribution in [0.3, 0.4) is 0 Å². The molecule has 1 saturated heterocycles. The van der Waals surface area contributed by atoms with Crippen molar-refractivity contribution in [3.63, 3.8) is 0 Å². The highest BCUT2D eigenvalue weighted by molar-refractivity contribution is 5.54. The first-order valence-electron chi connectivity index (χ1n) is 6.58. The van der Waals surface area contributed by atoms with E-state index in [4.69, 9.17) is 10.5 Å². The summed E-state index contributed by atoms with van der Waals surface area (Å²) in [7, 11) is 0. The third-order valence-corrected chi connectivity index (χ3v) is 3.64. The van der Waals surface area contributed by atoms with Gasteiger partial charge in [-0.1, -0.05) is 39.0 Å². The number of benzene rings is 1. The lowest BCUT2D eigenvalue weighted by Crippen LogP contribution is -2.52. The zero-order valence-corrected chi connectivity index (χ0v) is 11.6. The van der Waals surface area contributed by atoms with Gasteiger partial charge in [0, 0.05) is 24.2 Å². The first-order valence-corrected chi connectivity index (χ1v) is 6.58. The Kier molecular flexibility index (Phi) is 3.64. The molecule has 1 aromatic carbocycles. The zero-order chi connectivity index (χ0) is 13.2. The Morgan fingerprint density at radius 3 is 2.44 bits per heavy atom. The minimum atomic E-state index is 0.130. The van der Waals surface area contributed by atoms with Crippen molar-refractivity contribution in [2.45, 2.75) is 26.2 Å². The molecule has 0 aliphatic carbocycles. The summed E-state index contributed by atoms with van der Waals surface area (Å²) in [6.07, 6.45) is 0. The minimum absolute atomic E-state index is 0.130. The molecular formula is C15H24N2O. The molecule has 0 amide bonds. The van der Waals surface area contributed by atoms with Crippen molar-refractivity contribution in [1.29, 1.82) is 0 Å². The van der Waals surface area contributed by atoms with Crippen LogP contribution in [0.4, 0.5) is 5.69 Å². The van der Waals surface area contributed by atoms with Crippen LogP contribution in [0.15, 0.2) is 24.3 Å². The zero-order valence-electron chi connectivity index (χ0n) is 11.6. The molecule has 0 aromatic heterocycles. The average molecular weight is 248 g/mol. The van der Waals surface area contributed by atoms with Crippen LogP contribution in [-0.2, 0) is 10.2 Å². The Bertz CT molecular complexity index is 400. The quantitative estimate of drug-likeness (QED) is 0.860. The summed E-state index contributed by atoms with van der Waals surface area (Å²) in [5, 5.41) is 3.55. The second-order valence-corrected chi connectivity index (χ2v) is 6.35. The first kappa shape index (κ1) is 13.4. The molecule has 100 valence electrons. The van der Waals surface area contributed by atoms with Gasteiger partial charge in [0.1, 0.15) is 0 Å². The molecule has 3 N–H and O–H groups in total. The first-order chi connectivity index (χ1) is 8.47. The Hall–Kier alpha value is -1.06. The number of hydrogen-bond donors (Lipinski definition) is 2. The molecule has 1 aromatic rings. The predicted octanol–water partition coefficient (Wildman–Crippen LogP) is 2.37. The Labute approximate surface area is 110 Å². The average Bonchev–Trinajstić information content (AvgIpc) is 2.27. The molecule has 18 heavy (non-hydrogen) atoms. The van der Waals surface area contributed by atoms with Crippen LogP contribution in [0.25, 0.3) is 0 Å². The monoisotopic (exact) mass is 248 g/mol. The lowest BCUT2D eigenvalue weighted by atomic mass is 9.84. The lowest BCUT2D eigenvalue weighted by Gasteiger charge is -2.41. The molecule has 1 aliphatic rings. The van der Waals surface area contributed by atoms with Crippen molar-refractivity contribution >= 4 is 5.69 Å². The molecule has 0 atom stereocenters. The number of ether oxygens (including phenoxy) is 1. The number of para-hydroxylation sites is 1. The van der Waals surface area contributed by atoms with Gasteiger partial charge in [-0.25, -0.2) is 0 Å². The normalized spacial score (nSPS) is 18.2. The summed E-state index contributed by atoms with van der Waals surface area (Å²) in [5.74, 6) is 0. The fourth-order valence-electron chi connectivity index (χ4n) is 2.26. The lowest BCUT2D eigenvalue weighted by molar-refractivity contribution is -0.0979. The highest BCUT2D eigenvalue weighted by Crippen LogP contribution is 2.31. The highest BCUT2D eigenvalue weighted by atomic mass is 16.5. The standard InChI is InChI=1S/C15H24N2O/c1-14(2,3)12-6-4-5-7-13(12)17-9-15(8-16)10-18-11-15/h4-7,17H,8-11,16H2,1-3H3. The van der Waals surface area contributed by atoms with Gasteiger partial charge in [0.05, 0.1) is 13.2 Å². The van der Waals surface area contributed by atoms with E-state index in [2.05, 4.69) is 50.4 Å². The molecule has 0 unspecified atom stereocenters. The maximum atomic E-state index is 5.84. The van der Waals surface area contributed by atoms with E-state index >= 15 is 0 Å². The van der Waals surface area contributed by atoms with E-state index in [1.54, 1.807) is 0 Å². The fourth-order valence-corrected chi connectivity index (χ4v) is 2.26. The summed E-state index contributed by atoms with van der Waals surface area (Å²) >= 11 is 0. The summed E-state index contributed by atoms with van der Waals surface area (Å²) in [5.41, 5.74) is 8.67. The second kappa shape index (κ2) is 4.90. The molecular weight excluding hydrogens is 224 g/mol. The van der Waals surface area contributed by atoms with Crippen LogP contribution >= 0.6 is 0 Å².